The van der Waals surface area contributed by atoms with E-state index in [0.29, 0.717) is 27.1 Å². The second kappa shape index (κ2) is 9.88. The Morgan fingerprint density at radius 3 is 2.43 bits per heavy atom. The number of methoxy groups -OCH3 is 1. The molecule has 0 saturated heterocycles. The number of ether oxygens (including phenoxy) is 2. The van der Waals surface area contributed by atoms with Crippen LogP contribution in [0.5, 0.6) is 11.5 Å². The maximum absolute atomic E-state index is 12.8. The molecule has 3 rings (SSSR count). The van der Waals surface area contributed by atoms with E-state index in [-0.39, 0.29) is 18.6 Å². The highest BCUT2D eigenvalue weighted by molar-refractivity contribution is 6.31. The number of carbonyl (C=O) groups excluding carboxylic acids is 1. The van der Waals surface area contributed by atoms with E-state index in [2.05, 4.69) is 5.32 Å². The van der Waals surface area contributed by atoms with Gasteiger partial charge in [0, 0.05) is 21.2 Å². The lowest BCUT2D eigenvalue weighted by Gasteiger charge is -2.16. The molecular formula is C24H23Cl2NO3. The van der Waals surface area contributed by atoms with Gasteiger partial charge in [-0.3, -0.25) is 4.79 Å². The Hall–Kier alpha value is -2.69. The van der Waals surface area contributed by atoms with Crippen molar-refractivity contribution >= 4 is 29.1 Å². The van der Waals surface area contributed by atoms with Crippen LogP contribution >= 0.6 is 23.2 Å². The van der Waals surface area contributed by atoms with Gasteiger partial charge in [0.05, 0.1) is 13.2 Å². The van der Waals surface area contributed by atoms with Crippen LogP contribution in [0.3, 0.4) is 0 Å². The summed E-state index contributed by atoms with van der Waals surface area (Å²) in [6.07, 6.45) is 0. The summed E-state index contributed by atoms with van der Waals surface area (Å²) in [6, 6.07) is 18.0. The Balaban J connectivity index is 1.73. The van der Waals surface area contributed by atoms with E-state index < -0.39 is 0 Å². The molecule has 0 spiro atoms. The maximum atomic E-state index is 12.8. The largest absolute Gasteiger partial charge is 0.496 e. The van der Waals surface area contributed by atoms with Gasteiger partial charge < -0.3 is 14.8 Å². The molecule has 3 aromatic carbocycles. The Bertz CT molecular complexity index is 1040. The quantitative estimate of drug-likeness (QED) is 0.460. The van der Waals surface area contributed by atoms with E-state index in [1.807, 2.05) is 38.1 Å². The Morgan fingerprint density at radius 2 is 1.77 bits per heavy atom. The first-order chi connectivity index (χ1) is 14.4. The van der Waals surface area contributed by atoms with E-state index >= 15 is 0 Å². The third-order valence-electron chi connectivity index (χ3n) is 4.78. The standard InChI is InChI=1S/C24H23Cl2NO3/c1-15-12-21(9-10-22(15)26)30-14-19-13-18(6-11-23(19)29-3)24(28)27-16(2)17-4-7-20(25)8-5-17/h4-13,16H,14H2,1-3H3,(H,27,28)/t16-/m1/s1. The zero-order valence-electron chi connectivity index (χ0n) is 17.0. The van der Waals surface area contributed by atoms with Crippen molar-refractivity contribution in [2.75, 3.05) is 7.11 Å². The second-order valence-electron chi connectivity index (χ2n) is 6.97. The first kappa shape index (κ1) is 22.0. The lowest BCUT2D eigenvalue weighted by molar-refractivity contribution is 0.0939. The molecule has 0 fully saturated rings. The molecule has 30 heavy (non-hydrogen) atoms. The van der Waals surface area contributed by atoms with Crippen molar-refractivity contribution in [1.82, 2.24) is 5.32 Å². The van der Waals surface area contributed by atoms with Crippen molar-refractivity contribution in [2.24, 2.45) is 0 Å². The van der Waals surface area contributed by atoms with Gasteiger partial charge in [-0.1, -0.05) is 35.3 Å². The van der Waals surface area contributed by atoms with Crippen molar-refractivity contribution in [1.29, 1.82) is 0 Å². The predicted octanol–water partition coefficient (Wildman–Crippen LogP) is 6.38. The number of nitrogens with one attached hydrogen (secondary N) is 1. The molecule has 0 radical (unpaired) electrons. The number of amides is 1. The minimum absolute atomic E-state index is 0.159. The van der Waals surface area contributed by atoms with Crippen LogP contribution in [0.15, 0.2) is 60.7 Å². The normalized spacial score (nSPS) is 11.6. The van der Waals surface area contributed by atoms with Crippen LogP contribution in [-0.2, 0) is 6.61 Å². The van der Waals surface area contributed by atoms with Gasteiger partial charge >= 0.3 is 0 Å². The third-order valence-corrected chi connectivity index (χ3v) is 5.46. The van der Waals surface area contributed by atoms with E-state index in [4.69, 9.17) is 32.7 Å². The van der Waals surface area contributed by atoms with Crippen LogP contribution in [0.25, 0.3) is 0 Å². The Labute approximate surface area is 186 Å². The number of halogens is 2. The van der Waals surface area contributed by atoms with Crippen molar-refractivity contribution < 1.29 is 14.3 Å². The van der Waals surface area contributed by atoms with E-state index in [9.17, 15) is 4.79 Å². The molecule has 1 N–H and O–H groups in total. The van der Waals surface area contributed by atoms with Crippen molar-refractivity contribution in [3.8, 4) is 11.5 Å². The van der Waals surface area contributed by atoms with Gasteiger partial charge in [-0.15, -0.1) is 0 Å². The maximum Gasteiger partial charge on any atom is 0.251 e. The summed E-state index contributed by atoms with van der Waals surface area (Å²) >= 11 is 12.0. The van der Waals surface area contributed by atoms with Gasteiger partial charge in [0.15, 0.2) is 0 Å². The molecule has 0 aliphatic heterocycles. The van der Waals surface area contributed by atoms with Gasteiger partial charge in [0.2, 0.25) is 0 Å². The third kappa shape index (κ3) is 5.47. The summed E-state index contributed by atoms with van der Waals surface area (Å²) in [6.45, 7) is 4.11. The number of carbonyl (C=O) groups is 1. The van der Waals surface area contributed by atoms with Crippen molar-refractivity contribution in [3.05, 3.63) is 93.0 Å². The highest BCUT2D eigenvalue weighted by atomic mass is 35.5. The monoisotopic (exact) mass is 443 g/mol. The molecule has 0 heterocycles. The molecule has 156 valence electrons. The number of hydrogen-bond donors (Lipinski definition) is 1. The van der Waals surface area contributed by atoms with Crippen LogP contribution in [0.4, 0.5) is 0 Å². The van der Waals surface area contributed by atoms with E-state index in [1.165, 1.54) is 0 Å². The Kier molecular flexibility index (Phi) is 7.24. The fraction of sp³-hybridized carbons (Fsp3) is 0.208. The molecule has 0 aliphatic rings. The fourth-order valence-electron chi connectivity index (χ4n) is 3.02. The number of rotatable bonds is 7. The summed E-state index contributed by atoms with van der Waals surface area (Å²) in [5, 5.41) is 4.35. The molecule has 0 bridgehead atoms. The van der Waals surface area contributed by atoms with Gasteiger partial charge in [-0.2, -0.15) is 0 Å². The summed E-state index contributed by atoms with van der Waals surface area (Å²) in [5.41, 5.74) is 3.22. The molecule has 3 aromatic rings. The van der Waals surface area contributed by atoms with Gasteiger partial charge in [0.25, 0.3) is 5.91 Å². The lowest BCUT2D eigenvalue weighted by Crippen LogP contribution is -2.26. The summed E-state index contributed by atoms with van der Waals surface area (Å²) < 4.78 is 11.3. The van der Waals surface area contributed by atoms with Gasteiger partial charge in [-0.05, 0) is 73.5 Å². The molecule has 6 heteroatoms. The van der Waals surface area contributed by atoms with Crippen LogP contribution in [0.1, 0.15) is 40.0 Å². The minimum Gasteiger partial charge on any atom is -0.496 e. The van der Waals surface area contributed by atoms with Gasteiger partial charge in [-0.25, -0.2) is 0 Å². The van der Waals surface area contributed by atoms with Crippen molar-refractivity contribution in [3.63, 3.8) is 0 Å². The average molecular weight is 444 g/mol. The number of aryl methyl sites for hydroxylation is 1. The molecule has 1 amide bonds. The average Bonchev–Trinajstić information content (AvgIpc) is 2.74. The molecule has 0 unspecified atom stereocenters. The topological polar surface area (TPSA) is 47.6 Å². The van der Waals surface area contributed by atoms with E-state index in [1.54, 1.807) is 43.5 Å². The zero-order chi connectivity index (χ0) is 21.7. The summed E-state index contributed by atoms with van der Waals surface area (Å²) in [5.74, 6) is 1.18. The molecule has 0 saturated carbocycles. The van der Waals surface area contributed by atoms with Gasteiger partial charge in [0.1, 0.15) is 18.1 Å². The second-order valence-corrected chi connectivity index (χ2v) is 7.82. The summed E-state index contributed by atoms with van der Waals surface area (Å²) in [7, 11) is 1.59. The predicted molar refractivity (Wildman–Crippen MR) is 121 cm³/mol. The van der Waals surface area contributed by atoms with Crippen LogP contribution in [0.2, 0.25) is 10.0 Å². The van der Waals surface area contributed by atoms with Crippen LogP contribution in [0, 0.1) is 6.92 Å². The van der Waals surface area contributed by atoms with E-state index in [0.717, 1.165) is 16.7 Å². The first-order valence-electron chi connectivity index (χ1n) is 9.49. The smallest absolute Gasteiger partial charge is 0.251 e. The zero-order valence-corrected chi connectivity index (χ0v) is 18.6. The Morgan fingerprint density at radius 1 is 1.03 bits per heavy atom. The number of hydrogen-bond acceptors (Lipinski definition) is 3. The molecule has 4 nitrogen and oxygen atoms in total. The minimum atomic E-state index is -0.177. The SMILES string of the molecule is COc1ccc(C(=O)N[C@H](C)c2ccc(Cl)cc2)cc1COc1ccc(Cl)c(C)c1. The summed E-state index contributed by atoms with van der Waals surface area (Å²) in [4.78, 5) is 12.8. The lowest BCUT2D eigenvalue weighted by atomic mass is 10.1. The molecule has 0 aromatic heterocycles. The van der Waals surface area contributed by atoms with Crippen molar-refractivity contribution in [2.45, 2.75) is 26.5 Å². The fourth-order valence-corrected chi connectivity index (χ4v) is 3.26. The highest BCUT2D eigenvalue weighted by Crippen LogP contribution is 2.25. The van der Waals surface area contributed by atoms with Crippen LogP contribution in [-0.4, -0.2) is 13.0 Å². The molecule has 1 atom stereocenters. The molecular weight excluding hydrogens is 421 g/mol. The van der Waals surface area contributed by atoms with Crippen LogP contribution < -0.4 is 14.8 Å². The number of benzene rings is 3. The highest BCUT2D eigenvalue weighted by Gasteiger charge is 2.14. The first-order valence-corrected chi connectivity index (χ1v) is 10.2. The molecule has 0 aliphatic carbocycles.